The van der Waals surface area contributed by atoms with Crippen molar-refractivity contribution in [2.75, 3.05) is 11.1 Å². The van der Waals surface area contributed by atoms with Crippen LogP contribution in [0.15, 0.2) is 24.3 Å². The molecule has 0 spiro atoms. The van der Waals surface area contributed by atoms with E-state index in [4.69, 9.17) is 17.3 Å². The van der Waals surface area contributed by atoms with Crippen LogP contribution in [0.4, 0.5) is 11.6 Å². The predicted octanol–water partition coefficient (Wildman–Crippen LogP) is 2.58. The standard InChI is InChI=1S/C13H13ClN4O/c1-7-3-9(6-10(15)4-7)12(19)18-13-16-8(2)5-11(14)17-13/h3-6H,15H2,1-2H3,(H,16,17,18,19). The van der Waals surface area contributed by atoms with Gasteiger partial charge in [-0.3, -0.25) is 10.1 Å². The lowest BCUT2D eigenvalue weighted by Gasteiger charge is -2.06. The first-order valence-corrected chi connectivity index (χ1v) is 6.01. The first-order chi connectivity index (χ1) is 8.94. The molecule has 98 valence electrons. The molecule has 0 saturated heterocycles. The molecule has 0 aliphatic heterocycles. The monoisotopic (exact) mass is 276 g/mol. The van der Waals surface area contributed by atoms with Gasteiger partial charge in [0.1, 0.15) is 5.15 Å². The number of carbonyl (C=O) groups excluding carboxylic acids is 1. The van der Waals surface area contributed by atoms with Gasteiger partial charge in [0.05, 0.1) is 0 Å². The van der Waals surface area contributed by atoms with Gasteiger partial charge >= 0.3 is 0 Å². The minimum Gasteiger partial charge on any atom is -0.399 e. The number of anilines is 2. The molecule has 3 N–H and O–H groups in total. The summed E-state index contributed by atoms with van der Waals surface area (Å²) in [6, 6.07) is 6.74. The number of halogens is 1. The van der Waals surface area contributed by atoms with Crippen LogP contribution >= 0.6 is 11.6 Å². The fraction of sp³-hybridized carbons (Fsp3) is 0.154. The lowest BCUT2D eigenvalue weighted by Crippen LogP contribution is -2.15. The van der Waals surface area contributed by atoms with Crippen LogP contribution in [-0.2, 0) is 0 Å². The second-order valence-corrected chi connectivity index (χ2v) is 4.63. The topological polar surface area (TPSA) is 80.9 Å². The van der Waals surface area contributed by atoms with Gasteiger partial charge in [0, 0.05) is 16.9 Å². The van der Waals surface area contributed by atoms with Gasteiger partial charge in [-0.25, -0.2) is 9.97 Å². The fourth-order valence-electron chi connectivity index (χ4n) is 1.70. The molecule has 5 nitrogen and oxygen atoms in total. The molecule has 0 aliphatic rings. The van der Waals surface area contributed by atoms with Crippen molar-refractivity contribution in [3.8, 4) is 0 Å². The molecule has 0 fully saturated rings. The molecule has 2 rings (SSSR count). The van der Waals surface area contributed by atoms with Crippen LogP contribution in [0.25, 0.3) is 0 Å². The van der Waals surface area contributed by atoms with E-state index in [9.17, 15) is 4.79 Å². The highest BCUT2D eigenvalue weighted by Crippen LogP contribution is 2.14. The van der Waals surface area contributed by atoms with Crippen LogP contribution in [0.5, 0.6) is 0 Å². The van der Waals surface area contributed by atoms with Crippen molar-refractivity contribution in [1.82, 2.24) is 9.97 Å². The van der Waals surface area contributed by atoms with Crippen molar-refractivity contribution in [1.29, 1.82) is 0 Å². The van der Waals surface area contributed by atoms with Gasteiger partial charge in [-0.05, 0) is 43.7 Å². The van der Waals surface area contributed by atoms with Gasteiger partial charge in [-0.1, -0.05) is 11.6 Å². The summed E-state index contributed by atoms with van der Waals surface area (Å²) >= 11 is 5.81. The van der Waals surface area contributed by atoms with E-state index in [1.54, 1.807) is 31.2 Å². The van der Waals surface area contributed by atoms with Crippen molar-refractivity contribution in [2.24, 2.45) is 0 Å². The van der Waals surface area contributed by atoms with Crippen LogP contribution in [0.3, 0.4) is 0 Å². The third kappa shape index (κ3) is 3.42. The van der Waals surface area contributed by atoms with E-state index < -0.39 is 0 Å². The number of aryl methyl sites for hydroxylation is 2. The summed E-state index contributed by atoms with van der Waals surface area (Å²) in [6.45, 7) is 3.64. The second-order valence-electron chi connectivity index (χ2n) is 4.24. The number of amides is 1. The van der Waals surface area contributed by atoms with E-state index in [1.165, 1.54) is 0 Å². The highest BCUT2D eigenvalue weighted by molar-refractivity contribution is 6.29. The molecular formula is C13H13ClN4O. The maximum absolute atomic E-state index is 12.1. The first kappa shape index (κ1) is 13.3. The summed E-state index contributed by atoms with van der Waals surface area (Å²) in [7, 11) is 0. The van der Waals surface area contributed by atoms with Crippen LogP contribution < -0.4 is 11.1 Å². The van der Waals surface area contributed by atoms with Crippen molar-refractivity contribution < 1.29 is 4.79 Å². The zero-order valence-electron chi connectivity index (χ0n) is 10.6. The zero-order chi connectivity index (χ0) is 14.0. The molecule has 0 aliphatic carbocycles. The summed E-state index contributed by atoms with van der Waals surface area (Å²) in [6.07, 6.45) is 0. The Hall–Kier alpha value is -2.14. The minimum absolute atomic E-state index is 0.176. The molecule has 1 amide bonds. The largest absolute Gasteiger partial charge is 0.399 e. The summed E-state index contributed by atoms with van der Waals surface area (Å²) in [5.74, 6) is -0.146. The molecule has 0 atom stereocenters. The lowest BCUT2D eigenvalue weighted by atomic mass is 10.1. The highest BCUT2D eigenvalue weighted by Gasteiger charge is 2.10. The van der Waals surface area contributed by atoms with E-state index >= 15 is 0 Å². The maximum atomic E-state index is 12.1. The number of nitrogens with one attached hydrogen (secondary N) is 1. The Kier molecular flexibility index (Phi) is 3.66. The molecule has 1 aromatic heterocycles. The van der Waals surface area contributed by atoms with Crippen LogP contribution in [-0.4, -0.2) is 15.9 Å². The van der Waals surface area contributed by atoms with Crippen LogP contribution in [0, 0.1) is 13.8 Å². The van der Waals surface area contributed by atoms with Crippen molar-refractivity contribution in [2.45, 2.75) is 13.8 Å². The van der Waals surface area contributed by atoms with E-state index in [1.807, 2.05) is 6.92 Å². The SMILES string of the molecule is Cc1cc(N)cc(C(=O)Nc2nc(C)cc(Cl)n2)c1. The molecule has 0 radical (unpaired) electrons. The molecule has 0 bridgehead atoms. The molecule has 0 saturated carbocycles. The Morgan fingerprint density at radius 1 is 1.21 bits per heavy atom. The number of benzene rings is 1. The summed E-state index contributed by atoms with van der Waals surface area (Å²) in [5, 5.41) is 2.88. The van der Waals surface area contributed by atoms with E-state index in [-0.39, 0.29) is 17.0 Å². The summed E-state index contributed by atoms with van der Waals surface area (Å²) in [4.78, 5) is 20.1. The molecule has 0 unspecified atom stereocenters. The van der Waals surface area contributed by atoms with Gasteiger partial charge in [0.25, 0.3) is 5.91 Å². The Bertz CT molecular complexity index is 602. The second kappa shape index (κ2) is 5.24. The van der Waals surface area contributed by atoms with E-state index in [0.717, 1.165) is 5.56 Å². The van der Waals surface area contributed by atoms with Gasteiger partial charge in [-0.2, -0.15) is 0 Å². The Balaban J connectivity index is 2.25. The van der Waals surface area contributed by atoms with E-state index in [2.05, 4.69) is 15.3 Å². The van der Waals surface area contributed by atoms with Gasteiger partial charge < -0.3 is 5.73 Å². The Morgan fingerprint density at radius 3 is 2.58 bits per heavy atom. The average Bonchev–Trinajstić information content (AvgIpc) is 2.25. The normalized spacial score (nSPS) is 10.3. The smallest absolute Gasteiger partial charge is 0.258 e. The summed E-state index contributed by atoms with van der Waals surface area (Å²) in [5.41, 5.74) is 8.29. The van der Waals surface area contributed by atoms with Gasteiger partial charge in [-0.15, -0.1) is 0 Å². The number of aromatic nitrogens is 2. The number of rotatable bonds is 2. The minimum atomic E-state index is -0.322. The number of nitrogens with two attached hydrogens (primary N) is 1. The van der Waals surface area contributed by atoms with Crippen LogP contribution in [0.2, 0.25) is 5.15 Å². The Labute approximate surface area is 115 Å². The average molecular weight is 277 g/mol. The molecule has 1 aromatic carbocycles. The third-order valence-corrected chi connectivity index (χ3v) is 2.60. The van der Waals surface area contributed by atoms with Crippen molar-refractivity contribution in [3.63, 3.8) is 0 Å². The third-order valence-electron chi connectivity index (χ3n) is 2.41. The number of hydrogen-bond donors (Lipinski definition) is 2. The number of nitrogen functional groups attached to an aromatic ring is 1. The molecule has 2 aromatic rings. The number of nitrogens with zero attached hydrogens (tertiary/aromatic N) is 2. The maximum Gasteiger partial charge on any atom is 0.258 e. The Morgan fingerprint density at radius 2 is 1.95 bits per heavy atom. The quantitative estimate of drug-likeness (QED) is 0.652. The van der Waals surface area contributed by atoms with Crippen molar-refractivity contribution in [3.05, 3.63) is 46.2 Å². The molecule has 1 heterocycles. The molecule has 6 heteroatoms. The van der Waals surface area contributed by atoms with Gasteiger partial charge in [0.15, 0.2) is 0 Å². The van der Waals surface area contributed by atoms with Crippen LogP contribution in [0.1, 0.15) is 21.6 Å². The molecular weight excluding hydrogens is 264 g/mol. The first-order valence-electron chi connectivity index (χ1n) is 5.64. The van der Waals surface area contributed by atoms with Gasteiger partial charge in [0.2, 0.25) is 5.95 Å². The lowest BCUT2D eigenvalue weighted by molar-refractivity contribution is 0.102. The number of carbonyl (C=O) groups is 1. The van der Waals surface area contributed by atoms with Crippen molar-refractivity contribution >= 4 is 29.1 Å². The highest BCUT2D eigenvalue weighted by atomic mass is 35.5. The number of hydrogen-bond acceptors (Lipinski definition) is 4. The predicted molar refractivity (Wildman–Crippen MR) is 75.3 cm³/mol. The zero-order valence-corrected chi connectivity index (χ0v) is 11.3. The summed E-state index contributed by atoms with van der Waals surface area (Å²) < 4.78 is 0. The fourth-order valence-corrected chi connectivity index (χ4v) is 1.94. The van der Waals surface area contributed by atoms with E-state index in [0.29, 0.717) is 16.9 Å². The molecule has 19 heavy (non-hydrogen) atoms.